The number of amides is 2. The Hall–Kier alpha value is -4.13. The van der Waals surface area contributed by atoms with Gasteiger partial charge in [0.1, 0.15) is 11.8 Å². The number of para-hydroxylation sites is 1. The van der Waals surface area contributed by atoms with Gasteiger partial charge in [0.05, 0.1) is 18.4 Å². The minimum Gasteiger partial charge on any atom is -0.497 e. The van der Waals surface area contributed by atoms with Crippen LogP contribution in [0, 0.1) is 0 Å². The normalized spacial score (nSPS) is 11.3. The fraction of sp³-hybridized carbons (Fsp3) is 0.125. The summed E-state index contributed by atoms with van der Waals surface area (Å²) < 4.78 is 5.08. The molecule has 0 aromatic heterocycles. The van der Waals surface area contributed by atoms with E-state index in [1.54, 1.807) is 66.7 Å². The lowest BCUT2D eigenvalue weighted by atomic mass is 10.0. The number of rotatable bonds is 8. The average molecular weight is 418 g/mol. The van der Waals surface area contributed by atoms with Crippen molar-refractivity contribution in [1.29, 1.82) is 0 Å². The summed E-state index contributed by atoms with van der Waals surface area (Å²) in [5.41, 5.74) is 1.63. The molecular formula is C24H22N2O5. The molecule has 0 saturated carbocycles. The van der Waals surface area contributed by atoms with E-state index < -0.39 is 23.8 Å². The smallest absolute Gasteiger partial charge is 0.326 e. The Kier molecular flexibility index (Phi) is 7.01. The van der Waals surface area contributed by atoms with Crippen LogP contribution >= 0.6 is 0 Å². The molecule has 1 atom stereocenters. The summed E-state index contributed by atoms with van der Waals surface area (Å²) in [4.78, 5) is 37.1. The van der Waals surface area contributed by atoms with Crippen LogP contribution in [0.25, 0.3) is 0 Å². The van der Waals surface area contributed by atoms with Crippen LogP contribution in [0.5, 0.6) is 5.75 Å². The first-order valence-corrected chi connectivity index (χ1v) is 9.60. The number of benzene rings is 3. The molecule has 31 heavy (non-hydrogen) atoms. The maximum Gasteiger partial charge on any atom is 0.326 e. The number of carboxylic acids is 1. The van der Waals surface area contributed by atoms with Crippen LogP contribution in [-0.4, -0.2) is 36.0 Å². The standard InChI is InChI=1S/C24H22N2O5/c1-31-18-13-11-17(12-14-18)22(27)25-20-10-6-5-9-19(20)23(28)26-21(24(29)30)15-16-7-3-2-4-8-16/h2-14,21H,15H2,1H3,(H,25,27)(H,26,28)(H,29,30). The molecule has 3 rings (SSSR count). The van der Waals surface area contributed by atoms with Gasteiger partial charge in [0, 0.05) is 12.0 Å². The van der Waals surface area contributed by atoms with Crippen molar-refractivity contribution < 1.29 is 24.2 Å². The Bertz CT molecular complexity index is 1060. The zero-order valence-corrected chi connectivity index (χ0v) is 16.9. The van der Waals surface area contributed by atoms with E-state index in [1.165, 1.54) is 13.2 Å². The maximum absolute atomic E-state index is 12.8. The quantitative estimate of drug-likeness (QED) is 0.520. The molecule has 158 valence electrons. The lowest BCUT2D eigenvalue weighted by Crippen LogP contribution is -2.42. The van der Waals surface area contributed by atoms with E-state index >= 15 is 0 Å². The minimum absolute atomic E-state index is 0.141. The summed E-state index contributed by atoms with van der Waals surface area (Å²) in [6, 6.07) is 20.9. The highest BCUT2D eigenvalue weighted by Gasteiger charge is 2.23. The molecule has 0 fully saturated rings. The summed E-state index contributed by atoms with van der Waals surface area (Å²) in [6.45, 7) is 0. The first-order chi connectivity index (χ1) is 15.0. The van der Waals surface area contributed by atoms with Crippen molar-refractivity contribution in [1.82, 2.24) is 5.32 Å². The summed E-state index contributed by atoms with van der Waals surface area (Å²) >= 11 is 0. The van der Waals surface area contributed by atoms with Crippen LogP contribution in [0.2, 0.25) is 0 Å². The molecule has 0 aliphatic rings. The number of carbonyl (C=O) groups excluding carboxylic acids is 2. The van der Waals surface area contributed by atoms with Crippen molar-refractivity contribution >= 4 is 23.5 Å². The predicted octanol–water partition coefficient (Wildman–Crippen LogP) is 3.37. The Morgan fingerprint density at radius 1 is 0.871 bits per heavy atom. The summed E-state index contributed by atoms with van der Waals surface area (Å²) in [5, 5.41) is 14.8. The number of carbonyl (C=O) groups is 3. The number of methoxy groups -OCH3 is 1. The molecular weight excluding hydrogens is 396 g/mol. The lowest BCUT2D eigenvalue weighted by Gasteiger charge is -2.16. The van der Waals surface area contributed by atoms with Crippen LogP contribution in [0.15, 0.2) is 78.9 Å². The Morgan fingerprint density at radius 2 is 1.52 bits per heavy atom. The van der Waals surface area contributed by atoms with Crippen LogP contribution in [0.3, 0.4) is 0 Å². The highest BCUT2D eigenvalue weighted by molar-refractivity contribution is 6.09. The van der Waals surface area contributed by atoms with E-state index in [0.717, 1.165) is 5.56 Å². The molecule has 2 amide bonds. The first-order valence-electron chi connectivity index (χ1n) is 9.60. The van der Waals surface area contributed by atoms with Crippen LogP contribution in [0.1, 0.15) is 26.3 Å². The van der Waals surface area contributed by atoms with Gasteiger partial charge in [-0.15, -0.1) is 0 Å². The van der Waals surface area contributed by atoms with Crippen molar-refractivity contribution in [2.75, 3.05) is 12.4 Å². The molecule has 3 aromatic carbocycles. The molecule has 3 aromatic rings. The molecule has 0 spiro atoms. The van der Waals surface area contributed by atoms with Crippen molar-refractivity contribution in [3.05, 3.63) is 95.6 Å². The van der Waals surface area contributed by atoms with Crippen molar-refractivity contribution in [2.24, 2.45) is 0 Å². The molecule has 0 bridgehead atoms. The number of anilines is 1. The van der Waals surface area contributed by atoms with E-state index in [0.29, 0.717) is 11.3 Å². The van der Waals surface area contributed by atoms with Crippen LogP contribution < -0.4 is 15.4 Å². The molecule has 0 aliphatic heterocycles. The van der Waals surface area contributed by atoms with Crippen LogP contribution in [0.4, 0.5) is 5.69 Å². The number of hydrogen-bond acceptors (Lipinski definition) is 4. The van der Waals surface area contributed by atoms with Gasteiger partial charge in [0.2, 0.25) is 0 Å². The molecule has 3 N–H and O–H groups in total. The van der Waals surface area contributed by atoms with Gasteiger partial charge in [0.15, 0.2) is 0 Å². The highest BCUT2D eigenvalue weighted by atomic mass is 16.5. The van der Waals surface area contributed by atoms with Gasteiger partial charge in [-0.1, -0.05) is 42.5 Å². The number of hydrogen-bond donors (Lipinski definition) is 3. The van der Waals surface area contributed by atoms with Gasteiger partial charge in [0.25, 0.3) is 11.8 Å². The number of carboxylic acid groups (broad SMARTS) is 1. The monoisotopic (exact) mass is 418 g/mol. The van der Waals surface area contributed by atoms with Crippen molar-refractivity contribution in [3.8, 4) is 5.75 Å². The average Bonchev–Trinajstić information content (AvgIpc) is 2.79. The molecule has 0 heterocycles. The second-order valence-corrected chi connectivity index (χ2v) is 6.78. The Balaban J connectivity index is 1.75. The van der Waals surface area contributed by atoms with Gasteiger partial charge in [-0.3, -0.25) is 9.59 Å². The number of ether oxygens (including phenoxy) is 1. The fourth-order valence-electron chi connectivity index (χ4n) is 3.01. The topological polar surface area (TPSA) is 105 Å². The molecule has 0 radical (unpaired) electrons. The Labute approximate surface area is 179 Å². The van der Waals surface area contributed by atoms with Gasteiger partial charge < -0.3 is 20.5 Å². The molecule has 7 heteroatoms. The van der Waals surface area contributed by atoms with E-state index in [9.17, 15) is 19.5 Å². The molecule has 1 unspecified atom stereocenters. The van der Waals surface area contributed by atoms with E-state index in [1.807, 2.05) is 6.07 Å². The zero-order valence-electron chi connectivity index (χ0n) is 16.9. The van der Waals surface area contributed by atoms with Gasteiger partial charge >= 0.3 is 5.97 Å². The minimum atomic E-state index is -1.14. The largest absolute Gasteiger partial charge is 0.497 e. The van der Waals surface area contributed by atoms with E-state index in [2.05, 4.69) is 10.6 Å². The zero-order chi connectivity index (χ0) is 22.2. The lowest BCUT2D eigenvalue weighted by molar-refractivity contribution is -0.139. The van der Waals surface area contributed by atoms with Gasteiger partial charge in [-0.2, -0.15) is 0 Å². The molecule has 0 aliphatic carbocycles. The Morgan fingerprint density at radius 3 is 2.16 bits per heavy atom. The van der Waals surface area contributed by atoms with Crippen molar-refractivity contribution in [2.45, 2.75) is 12.5 Å². The third-order valence-electron chi connectivity index (χ3n) is 4.66. The summed E-state index contributed by atoms with van der Waals surface area (Å²) in [5.74, 6) is -1.51. The van der Waals surface area contributed by atoms with E-state index in [4.69, 9.17) is 4.74 Å². The van der Waals surface area contributed by atoms with Gasteiger partial charge in [-0.25, -0.2) is 4.79 Å². The SMILES string of the molecule is COc1ccc(C(=O)Nc2ccccc2C(=O)NC(Cc2ccccc2)C(=O)O)cc1. The highest BCUT2D eigenvalue weighted by Crippen LogP contribution is 2.18. The molecule has 0 saturated heterocycles. The second kappa shape index (κ2) is 10.1. The maximum atomic E-state index is 12.8. The first kappa shape index (κ1) is 21.6. The summed E-state index contributed by atoms with van der Waals surface area (Å²) in [6.07, 6.45) is 0.141. The van der Waals surface area contributed by atoms with E-state index in [-0.39, 0.29) is 17.7 Å². The predicted molar refractivity (Wildman–Crippen MR) is 116 cm³/mol. The molecule has 7 nitrogen and oxygen atoms in total. The third kappa shape index (κ3) is 5.70. The van der Waals surface area contributed by atoms with Crippen molar-refractivity contribution in [3.63, 3.8) is 0 Å². The van der Waals surface area contributed by atoms with Crippen LogP contribution in [-0.2, 0) is 11.2 Å². The third-order valence-corrected chi connectivity index (χ3v) is 4.66. The fourth-order valence-corrected chi connectivity index (χ4v) is 3.01. The summed E-state index contributed by atoms with van der Waals surface area (Å²) in [7, 11) is 1.53. The second-order valence-electron chi connectivity index (χ2n) is 6.78. The number of aliphatic carboxylic acids is 1. The van der Waals surface area contributed by atoms with Gasteiger partial charge in [-0.05, 0) is 42.0 Å². The number of nitrogens with one attached hydrogen (secondary N) is 2.